The summed E-state index contributed by atoms with van der Waals surface area (Å²) in [6.45, 7) is 5.48. The fourth-order valence-electron chi connectivity index (χ4n) is 5.71. The number of phenols is 1. The van der Waals surface area contributed by atoms with Crippen LogP contribution in [0.4, 0.5) is 0 Å². The van der Waals surface area contributed by atoms with Gasteiger partial charge in [-0.3, -0.25) is 0 Å². The number of methoxy groups -OCH3 is 1. The summed E-state index contributed by atoms with van der Waals surface area (Å²) in [6, 6.07) is 2.31. The Morgan fingerprint density at radius 3 is 2.81 bits per heavy atom. The van der Waals surface area contributed by atoms with Crippen LogP contribution in [0.5, 0.6) is 11.5 Å². The maximum atomic E-state index is 11.0. The zero-order valence-corrected chi connectivity index (χ0v) is 18.3. The van der Waals surface area contributed by atoms with Gasteiger partial charge in [0.2, 0.25) is 0 Å². The van der Waals surface area contributed by atoms with Crippen molar-refractivity contribution < 1.29 is 14.6 Å². The lowest BCUT2D eigenvalue weighted by atomic mass is 9.66. The Morgan fingerprint density at radius 2 is 2.19 bits per heavy atom. The average molecular weight is 438 g/mol. The highest BCUT2D eigenvalue weighted by Gasteiger charge is 2.61. The standard InChI is InChI=1S/C22H32BrNO3/c1-4-6-10-24-20-14-13-22(5-2,15(20)9-7-8-11-25)19-18(14)16(23)12-17(27-3)21(19)26/h11-12,14-15,20,24,26H,4-10,13H2,1-3H3/t14?,15?,20?,22-/m0/s1. The van der Waals surface area contributed by atoms with Crippen molar-refractivity contribution in [2.75, 3.05) is 13.7 Å². The molecular formula is C22H32BrNO3. The molecule has 4 nitrogen and oxygen atoms in total. The highest BCUT2D eigenvalue weighted by molar-refractivity contribution is 9.10. The van der Waals surface area contributed by atoms with Crippen molar-refractivity contribution in [1.82, 2.24) is 5.32 Å². The molecule has 2 N–H and O–H groups in total. The summed E-state index contributed by atoms with van der Waals surface area (Å²) < 4.78 is 6.49. The molecule has 0 radical (unpaired) electrons. The van der Waals surface area contributed by atoms with Crippen molar-refractivity contribution in [2.45, 2.75) is 76.2 Å². The lowest BCUT2D eigenvalue weighted by molar-refractivity contribution is -0.108. The fraction of sp³-hybridized carbons (Fsp3) is 0.682. The number of hydrogen-bond acceptors (Lipinski definition) is 4. The Kier molecular flexibility index (Phi) is 6.52. The smallest absolute Gasteiger partial charge is 0.161 e. The van der Waals surface area contributed by atoms with Gasteiger partial charge in [-0.05, 0) is 56.2 Å². The number of hydrogen-bond donors (Lipinski definition) is 2. The Bertz CT molecular complexity index is 693. The van der Waals surface area contributed by atoms with E-state index < -0.39 is 0 Å². The van der Waals surface area contributed by atoms with Gasteiger partial charge in [-0.25, -0.2) is 0 Å². The number of ether oxygens (including phenoxy) is 1. The summed E-state index contributed by atoms with van der Waals surface area (Å²) in [7, 11) is 1.61. The summed E-state index contributed by atoms with van der Waals surface area (Å²) in [4.78, 5) is 10.9. The molecule has 3 unspecified atom stereocenters. The molecule has 4 atom stereocenters. The quantitative estimate of drug-likeness (QED) is 0.396. The molecule has 27 heavy (non-hydrogen) atoms. The van der Waals surface area contributed by atoms with Crippen LogP contribution in [0.1, 0.15) is 75.8 Å². The minimum Gasteiger partial charge on any atom is -0.504 e. The molecule has 0 saturated heterocycles. The number of phenolic OH excluding ortho intramolecular Hbond substituents is 1. The topological polar surface area (TPSA) is 58.6 Å². The maximum Gasteiger partial charge on any atom is 0.161 e. The number of carbonyl (C=O) groups is 1. The first-order chi connectivity index (χ1) is 13.1. The Balaban J connectivity index is 2.05. The molecule has 2 aliphatic carbocycles. The van der Waals surface area contributed by atoms with E-state index in [0.717, 1.165) is 48.6 Å². The zero-order valence-electron chi connectivity index (χ0n) is 16.7. The Hall–Kier alpha value is -1.07. The van der Waals surface area contributed by atoms with Crippen molar-refractivity contribution in [2.24, 2.45) is 5.92 Å². The van der Waals surface area contributed by atoms with Crippen molar-refractivity contribution in [3.63, 3.8) is 0 Å². The summed E-state index contributed by atoms with van der Waals surface area (Å²) in [5, 5.41) is 14.9. The second-order valence-corrected chi connectivity index (χ2v) is 8.91. The van der Waals surface area contributed by atoms with E-state index in [4.69, 9.17) is 4.74 Å². The van der Waals surface area contributed by atoms with Gasteiger partial charge in [0.25, 0.3) is 0 Å². The number of carbonyl (C=O) groups excluding carboxylic acids is 1. The lowest BCUT2D eigenvalue weighted by Gasteiger charge is -2.42. The highest BCUT2D eigenvalue weighted by atomic mass is 79.9. The number of rotatable bonds is 10. The van der Waals surface area contributed by atoms with Gasteiger partial charge in [0, 0.05) is 33.8 Å². The first-order valence-corrected chi connectivity index (χ1v) is 11.1. The zero-order chi connectivity index (χ0) is 19.6. The number of aldehydes is 1. The highest BCUT2D eigenvalue weighted by Crippen LogP contribution is 2.67. The van der Waals surface area contributed by atoms with Crippen LogP contribution in [-0.4, -0.2) is 31.1 Å². The predicted molar refractivity (Wildman–Crippen MR) is 112 cm³/mol. The van der Waals surface area contributed by atoms with E-state index in [1.807, 2.05) is 6.07 Å². The van der Waals surface area contributed by atoms with E-state index in [1.165, 1.54) is 18.4 Å². The molecule has 2 aliphatic rings. The molecule has 3 rings (SSSR count). The fourth-order valence-corrected chi connectivity index (χ4v) is 6.41. The van der Waals surface area contributed by atoms with E-state index in [-0.39, 0.29) is 5.41 Å². The molecule has 5 heteroatoms. The molecule has 1 saturated carbocycles. The van der Waals surface area contributed by atoms with E-state index in [2.05, 4.69) is 35.1 Å². The van der Waals surface area contributed by atoms with Crippen LogP contribution in [0, 0.1) is 5.92 Å². The minimum absolute atomic E-state index is 0.0477. The molecule has 0 spiro atoms. The summed E-state index contributed by atoms with van der Waals surface area (Å²) in [5.41, 5.74) is 2.30. The van der Waals surface area contributed by atoms with Gasteiger partial charge >= 0.3 is 0 Å². The van der Waals surface area contributed by atoms with Crippen molar-refractivity contribution >= 4 is 22.2 Å². The third-order valence-electron chi connectivity index (χ3n) is 6.88. The average Bonchev–Trinajstić information content (AvgIpc) is 3.17. The molecule has 0 heterocycles. The van der Waals surface area contributed by atoms with Crippen LogP contribution in [0.15, 0.2) is 10.5 Å². The van der Waals surface area contributed by atoms with Crippen molar-refractivity contribution in [3.05, 3.63) is 21.7 Å². The molecule has 0 aliphatic heterocycles. The van der Waals surface area contributed by atoms with E-state index >= 15 is 0 Å². The summed E-state index contributed by atoms with van der Waals surface area (Å²) in [6.07, 6.45) is 7.97. The van der Waals surface area contributed by atoms with Crippen molar-refractivity contribution in [3.8, 4) is 11.5 Å². The van der Waals surface area contributed by atoms with Crippen LogP contribution in [0.3, 0.4) is 0 Å². The van der Waals surface area contributed by atoms with Crippen LogP contribution < -0.4 is 10.1 Å². The van der Waals surface area contributed by atoms with Gasteiger partial charge in [0.1, 0.15) is 6.29 Å². The molecule has 2 bridgehead atoms. The van der Waals surface area contributed by atoms with Crippen LogP contribution in [0.25, 0.3) is 0 Å². The molecule has 1 aromatic carbocycles. The second-order valence-electron chi connectivity index (χ2n) is 8.06. The third kappa shape index (κ3) is 3.31. The molecule has 0 aromatic heterocycles. The first kappa shape index (κ1) is 20.7. The third-order valence-corrected chi connectivity index (χ3v) is 7.54. The lowest BCUT2D eigenvalue weighted by Crippen LogP contribution is -2.45. The van der Waals surface area contributed by atoms with Gasteiger partial charge in [-0.15, -0.1) is 0 Å². The molecule has 1 aromatic rings. The van der Waals surface area contributed by atoms with Gasteiger partial charge in [-0.2, -0.15) is 0 Å². The predicted octanol–water partition coefficient (Wildman–Crippen LogP) is 5.06. The van der Waals surface area contributed by atoms with Crippen molar-refractivity contribution in [1.29, 1.82) is 0 Å². The Morgan fingerprint density at radius 1 is 1.41 bits per heavy atom. The number of nitrogens with one attached hydrogen (secondary N) is 1. The maximum absolute atomic E-state index is 11.0. The van der Waals surface area contributed by atoms with Crippen LogP contribution >= 0.6 is 15.9 Å². The SMILES string of the molecule is CCCCNC1C2C[C@](CC)(c3c(O)c(OC)cc(Br)c32)C1CCCC=O. The number of unbranched alkanes of at least 4 members (excludes halogenated alkanes) is 2. The first-order valence-electron chi connectivity index (χ1n) is 10.3. The molecule has 0 amide bonds. The van der Waals surface area contributed by atoms with E-state index in [1.54, 1.807) is 7.11 Å². The molecule has 1 fully saturated rings. The van der Waals surface area contributed by atoms with E-state index in [9.17, 15) is 9.90 Å². The molecular weight excluding hydrogens is 406 g/mol. The monoisotopic (exact) mass is 437 g/mol. The number of benzene rings is 1. The number of halogens is 1. The minimum atomic E-state index is -0.0477. The summed E-state index contributed by atoms with van der Waals surface area (Å²) in [5.74, 6) is 1.68. The second kappa shape index (κ2) is 8.52. The van der Waals surface area contributed by atoms with Gasteiger partial charge in [0.15, 0.2) is 11.5 Å². The molecule has 150 valence electrons. The number of fused-ring (bicyclic) bond motifs is 5. The normalized spacial score (nSPS) is 28.4. The van der Waals surface area contributed by atoms with Gasteiger partial charge < -0.3 is 20.0 Å². The summed E-state index contributed by atoms with van der Waals surface area (Å²) >= 11 is 3.76. The van der Waals surface area contributed by atoms with Crippen LogP contribution in [0.2, 0.25) is 0 Å². The van der Waals surface area contributed by atoms with Gasteiger partial charge in [-0.1, -0.05) is 36.2 Å². The van der Waals surface area contributed by atoms with E-state index in [0.29, 0.717) is 35.8 Å². The Labute approximate surface area is 171 Å². The largest absolute Gasteiger partial charge is 0.504 e. The number of aromatic hydroxyl groups is 1. The van der Waals surface area contributed by atoms with Crippen LogP contribution in [-0.2, 0) is 10.2 Å². The van der Waals surface area contributed by atoms with Gasteiger partial charge in [0.05, 0.1) is 7.11 Å².